The zero-order valence-corrected chi connectivity index (χ0v) is 15.3. The van der Waals surface area contributed by atoms with Crippen molar-refractivity contribution in [3.63, 3.8) is 0 Å². The fraction of sp³-hybridized carbons (Fsp3) is 0.0526. The third kappa shape index (κ3) is 3.39. The molecule has 0 atom stereocenters. The van der Waals surface area contributed by atoms with E-state index in [-0.39, 0.29) is 12.1 Å². The summed E-state index contributed by atoms with van der Waals surface area (Å²) in [6, 6.07) is -0.752. The first kappa shape index (κ1) is 23.5. The Kier molecular flexibility index (Phi) is 5.96. The van der Waals surface area contributed by atoms with Gasteiger partial charge >= 0.3 is 0 Å². The van der Waals surface area contributed by atoms with E-state index in [2.05, 4.69) is 0 Å². The van der Waals surface area contributed by atoms with E-state index in [0.717, 1.165) is 0 Å². The topological polar surface area (TPSA) is 0 Å². The molecule has 3 aromatic carbocycles. The van der Waals surface area contributed by atoms with Crippen LogP contribution in [0.4, 0.5) is 52.7 Å². The van der Waals surface area contributed by atoms with Crippen molar-refractivity contribution in [3.8, 4) is 0 Å². The van der Waals surface area contributed by atoms with E-state index in [0.29, 0.717) is 6.92 Å². The highest BCUT2D eigenvalue weighted by atomic mass is 19.2. The molecule has 0 aliphatic rings. The molecule has 0 heterocycles. The Balaban J connectivity index is 2.60. The molecule has 168 valence electrons. The Bertz CT molecular complexity index is 1180. The summed E-state index contributed by atoms with van der Waals surface area (Å²) >= 11 is 0. The Morgan fingerprint density at radius 2 is 0.781 bits per heavy atom. The number of halogens is 12. The van der Waals surface area contributed by atoms with Crippen LogP contribution >= 0.6 is 0 Å². The molecule has 0 unspecified atom stereocenters. The Hall–Kier alpha value is -3.12. The van der Waals surface area contributed by atoms with Crippen LogP contribution in [-0.2, 0) is 0 Å². The lowest BCUT2D eigenvalue weighted by Gasteiger charge is -2.21. The van der Waals surface area contributed by atoms with Gasteiger partial charge in [-0.25, -0.2) is 52.7 Å². The van der Waals surface area contributed by atoms with Crippen molar-refractivity contribution in [2.45, 2.75) is 6.92 Å². The quantitative estimate of drug-likeness (QED) is 0.233. The molecule has 0 spiro atoms. The molecule has 3 aromatic rings. The number of benzene rings is 3. The van der Waals surface area contributed by atoms with Crippen molar-refractivity contribution < 1.29 is 52.7 Å². The smallest absolute Gasteiger partial charge is 0.207 e. The predicted octanol–water partition coefficient (Wildman–Crippen LogP) is 4.18. The number of hydrogen-bond acceptors (Lipinski definition) is 0. The van der Waals surface area contributed by atoms with Gasteiger partial charge < -0.3 is 0 Å². The normalized spacial score (nSPS) is 11.3. The van der Waals surface area contributed by atoms with E-state index < -0.39 is 98.5 Å². The van der Waals surface area contributed by atoms with E-state index in [4.69, 9.17) is 0 Å². The molecule has 0 fully saturated rings. The van der Waals surface area contributed by atoms with Crippen molar-refractivity contribution in [1.29, 1.82) is 0 Å². The van der Waals surface area contributed by atoms with Crippen molar-refractivity contribution in [3.05, 3.63) is 87.5 Å². The highest BCUT2D eigenvalue weighted by molar-refractivity contribution is 6.95. The maximum absolute atomic E-state index is 14.7. The summed E-state index contributed by atoms with van der Waals surface area (Å²) in [5.74, 6) is -28.1. The molecule has 0 N–H and O–H groups in total. The molecule has 13 heteroatoms. The summed E-state index contributed by atoms with van der Waals surface area (Å²) in [5, 5.41) is 0. The van der Waals surface area contributed by atoms with Gasteiger partial charge in [-0.15, -0.1) is 0 Å². The fourth-order valence-electron chi connectivity index (χ4n) is 3.15. The first-order valence-electron chi connectivity index (χ1n) is 8.29. The zero-order chi connectivity index (χ0) is 24.2. The second-order valence-corrected chi connectivity index (χ2v) is 6.49. The van der Waals surface area contributed by atoms with E-state index in [1.165, 1.54) is 0 Å². The van der Waals surface area contributed by atoms with Crippen LogP contribution in [0.3, 0.4) is 0 Å². The van der Waals surface area contributed by atoms with E-state index in [1.807, 2.05) is 0 Å². The molecule has 0 bridgehead atoms. The van der Waals surface area contributed by atoms with Gasteiger partial charge in [0.1, 0.15) is 17.5 Å². The van der Waals surface area contributed by atoms with Gasteiger partial charge in [-0.2, -0.15) is 0 Å². The summed E-state index contributed by atoms with van der Waals surface area (Å²) in [4.78, 5) is 0. The largest absolute Gasteiger partial charge is 0.264 e. The third-order valence-electron chi connectivity index (χ3n) is 4.68. The lowest BCUT2D eigenvalue weighted by atomic mass is 9.35. The molecule has 3 rings (SSSR count). The molecule has 0 radical (unpaired) electrons. The molecular formula is C19H5BF12. The minimum atomic E-state index is -3.23. The van der Waals surface area contributed by atoms with Gasteiger partial charge in [0.2, 0.25) is 0 Å². The van der Waals surface area contributed by atoms with Crippen molar-refractivity contribution in [2.75, 3.05) is 0 Å². The van der Waals surface area contributed by atoms with Crippen LogP contribution < -0.4 is 16.4 Å². The molecule has 0 amide bonds. The van der Waals surface area contributed by atoms with Crippen LogP contribution in [0, 0.1) is 76.7 Å². The molecule has 0 aliphatic carbocycles. The van der Waals surface area contributed by atoms with Crippen LogP contribution in [0.15, 0.2) is 12.1 Å². The second-order valence-electron chi connectivity index (χ2n) is 6.49. The lowest BCUT2D eigenvalue weighted by molar-refractivity contribution is 0.433. The molecule has 32 heavy (non-hydrogen) atoms. The van der Waals surface area contributed by atoms with Gasteiger partial charge in [0, 0.05) is 34.1 Å². The maximum atomic E-state index is 14.7. The number of hydrogen-bond donors (Lipinski definition) is 0. The predicted molar refractivity (Wildman–Crippen MR) is 88.2 cm³/mol. The molecule has 0 aliphatic heterocycles. The highest BCUT2D eigenvalue weighted by Crippen LogP contribution is 2.21. The zero-order valence-electron chi connectivity index (χ0n) is 15.3. The molecular weight excluding hydrogens is 467 g/mol. The first-order valence-corrected chi connectivity index (χ1v) is 8.29. The summed E-state index contributed by atoms with van der Waals surface area (Å²) in [6.45, 7) is -2.72. The van der Waals surface area contributed by atoms with Crippen LogP contribution in [-0.4, -0.2) is 6.71 Å². The highest BCUT2D eigenvalue weighted by Gasteiger charge is 2.42. The van der Waals surface area contributed by atoms with Gasteiger partial charge in [-0.3, -0.25) is 0 Å². The molecule has 0 saturated carbocycles. The minimum absolute atomic E-state index is 0.376. The monoisotopic (exact) mass is 472 g/mol. The summed E-state index contributed by atoms with van der Waals surface area (Å²) in [6.07, 6.45) is 0. The Labute approximate surface area is 171 Å². The van der Waals surface area contributed by atoms with Gasteiger partial charge in [0.15, 0.2) is 52.4 Å². The second kappa shape index (κ2) is 8.10. The van der Waals surface area contributed by atoms with Gasteiger partial charge in [0.25, 0.3) is 6.71 Å². The van der Waals surface area contributed by atoms with Crippen molar-refractivity contribution in [2.24, 2.45) is 0 Å². The van der Waals surface area contributed by atoms with E-state index in [9.17, 15) is 52.7 Å². The minimum Gasteiger partial charge on any atom is -0.207 e. The summed E-state index contributed by atoms with van der Waals surface area (Å²) < 4.78 is 169. The van der Waals surface area contributed by atoms with Crippen molar-refractivity contribution in [1.82, 2.24) is 0 Å². The third-order valence-corrected chi connectivity index (χ3v) is 4.68. The Morgan fingerprint density at radius 3 is 1.19 bits per heavy atom. The van der Waals surface area contributed by atoms with Crippen LogP contribution in [0.2, 0.25) is 0 Å². The first-order chi connectivity index (χ1) is 14.8. The van der Waals surface area contributed by atoms with Crippen LogP contribution in [0.25, 0.3) is 0 Å². The van der Waals surface area contributed by atoms with Crippen LogP contribution in [0.1, 0.15) is 5.56 Å². The van der Waals surface area contributed by atoms with E-state index in [1.54, 1.807) is 0 Å². The van der Waals surface area contributed by atoms with E-state index >= 15 is 0 Å². The average molecular weight is 472 g/mol. The standard InChI is InChI=1S/C19H5BF12/c1-4-12(25)11(18(31)19(32)13(4)26)20(9-5(21)2-7(23)14(27)16(9)29)10-6(22)3-8(24)15(28)17(10)30/h2-3H,1H3. The molecule has 0 aromatic heterocycles. The van der Waals surface area contributed by atoms with Crippen molar-refractivity contribution >= 4 is 23.1 Å². The summed E-state index contributed by atoms with van der Waals surface area (Å²) in [5.41, 5.74) is -7.29. The molecule has 0 nitrogen and oxygen atoms in total. The average Bonchev–Trinajstić information content (AvgIpc) is 2.73. The van der Waals surface area contributed by atoms with Gasteiger partial charge in [-0.1, -0.05) is 0 Å². The van der Waals surface area contributed by atoms with Crippen LogP contribution in [0.5, 0.6) is 0 Å². The maximum Gasteiger partial charge on any atom is 0.264 e. The summed E-state index contributed by atoms with van der Waals surface area (Å²) in [7, 11) is 0. The fourth-order valence-corrected chi connectivity index (χ4v) is 3.15. The number of rotatable bonds is 3. The van der Waals surface area contributed by atoms with Gasteiger partial charge in [0.05, 0.1) is 0 Å². The molecule has 0 saturated heterocycles. The van der Waals surface area contributed by atoms with Gasteiger partial charge in [-0.05, 0) is 6.92 Å². The Morgan fingerprint density at radius 1 is 0.406 bits per heavy atom. The SMILES string of the molecule is Cc1c(F)c(F)c(F)c(B(c2c(F)cc(F)c(F)c2F)c2c(F)cc(F)c(F)c2F)c1F. The lowest BCUT2D eigenvalue weighted by Crippen LogP contribution is -2.60.